The van der Waals surface area contributed by atoms with E-state index >= 15 is 0 Å². The Bertz CT molecular complexity index is 961. The summed E-state index contributed by atoms with van der Waals surface area (Å²) in [7, 11) is -1.39. The normalized spacial score (nSPS) is 12.4. The van der Waals surface area contributed by atoms with E-state index in [4.69, 9.17) is 9.15 Å². The van der Waals surface area contributed by atoms with Crippen LogP contribution in [-0.4, -0.2) is 34.6 Å². The number of esters is 2. The molecule has 0 amide bonds. The lowest BCUT2D eigenvalue weighted by atomic mass is 10.1. The Morgan fingerprint density at radius 1 is 1.14 bits per heavy atom. The Labute approximate surface area is 170 Å². The van der Waals surface area contributed by atoms with Gasteiger partial charge < -0.3 is 13.9 Å². The molecule has 0 aliphatic carbocycles. The van der Waals surface area contributed by atoms with Crippen molar-refractivity contribution < 1.29 is 31.9 Å². The standard InChI is InChI=1S/C20H25NO7S/c1-5-6-16(21-29(24,25)14-9-7-13(2)8-10-14)18-11-15(20(23)27-4)17(28-18)12-19(22)26-3/h7-11,16,21H,5-6,12H2,1-4H3/t16-/m1/s1. The Balaban J connectivity index is 2.39. The molecule has 8 nitrogen and oxygen atoms in total. The Kier molecular flexibility index (Phi) is 7.58. The topological polar surface area (TPSA) is 112 Å². The molecule has 1 N–H and O–H groups in total. The van der Waals surface area contributed by atoms with Gasteiger partial charge in [-0.3, -0.25) is 4.79 Å². The van der Waals surface area contributed by atoms with Crippen molar-refractivity contribution in [2.24, 2.45) is 0 Å². The summed E-state index contributed by atoms with van der Waals surface area (Å²) >= 11 is 0. The lowest BCUT2D eigenvalue weighted by molar-refractivity contribution is -0.140. The van der Waals surface area contributed by atoms with Gasteiger partial charge in [-0.25, -0.2) is 17.9 Å². The van der Waals surface area contributed by atoms with E-state index in [9.17, 15) is 18.0 Å². The Hall–Kier alpha value is -2.65. The number of sulfonamides is 1. The van der Waals surface area contributed by atoms with Gasteiger partial charge in [0, 0.05) is 0 Å². The molecule has 0 aliphatic rings. The predicted octanol–water partition coefficient (Wildman–Crippen LogP) is 2.91. The molecule has 0 saturated heterocycles. The summed E-state index contributed by atoms with van der Waals surface area (Å²) < 4.78 is 43.3. The summed E-state index contributed by atoms with van der Waals surface area (Å²) in [6.45, 7) is 3.76. The van der Waals surface area contributed by atoms with Crippen molar-refractivity contribution in [1.29, 1.82) is 0 Å². The van der Waals surface area contributed by atoms with Crippen LogP contribution in [0.15, 0.2) is 39.6 Å². The molecule has 9 heteroatoms. The first-order chi connectivity index (χ1) is 13.7. The fourth-order valence-corrected chi connectivity index (χ4v) is 4.00. The van der Waals surface area contributed by atoms with Crippen LogP contribution in [0.4, 0.5) is 0 Å². The number of hydrogen-bond acceptors (Lipinski definition) is 7. The molecule has 0 fully saturated rings. The van der Waals surface area contributed by atoms with E-state index in [1.54, 1.807) is 12.1 Å². The third kappa shape index (κ3) is 5.68. The molecule has 2 aromatic rings. The first kappa shape index (κ1) is 22.6. The molecule has 0 aliphatic heterocycles. The minimum absolute atomic E-state index is 0.0588. The highest BCUT2D eigenvalue weighted by molar-refractivity contribution is 7.89. The zero-order valence-electron chi connectivity index (χ0n) is 16.9. The molecule has 1 atom stereocenters. The second kappa shape index (κ2) is 9.71. The number of carbonyl (C=O) groups excluding carboxylic acids is 2. The van der Waals surface area contributed by atoms with Gasteiger partial charge in [0.1, 0.15) is 23.5 Å². The number of rotatable bonds is 9. The molecular weight excluding hydrogens is 398 g/mol. The summed E-state index contributed by atoms with van der Waals surface area (Å²) in [4.78, 5) is 23.8. The first-order valence-electron chi connectivity index (χ1n) is 9.08. The quantitative estimate of drug-likeness (QED) is 0.617. The van der Waals surface area contributed by atoms with Crippen molar-refractivity contribution in [3.05, 3.63) is 53.0 Å². The van der Waals surface area contributed by atoms with Crippen LogP contribution in [0.2, 0.25) is 0 Å². The smallest absolute Gasteiger partial charge is 0.341 e. The molecule has 1 aromatic heterocycles. The molecule has 0 bridgehead atoms. The maximum atomic E-state index is 12.8. The average Bonchev–Trinajstić information content (AvgIpc) is 3.10. The lowest BCUT2D eigenvalue weighted by Crippen LogP contribution is -2.28. The van der Waals surface area contributed by atoms with E-state index in [2.05, 4.69) is 9.46 Å². The zero-order valence-corrected chi connectivity index (χ0v) is 17.7. The molecule has 0 unspecified atom stereocenters. The van der Waals surface area contributed by atoms with Gasteiger partial charge in [-0.15, -0.1) is 0 Å². The molecule has 158 valence electrons. The maximum absolute atomic E-state index is 12.8. The molecule has 1 aromatic carbocycles. The van der Waals surface area contributed by atoms with Gasteiger partial charge in [-0.05, 0) is 31.5 Å². The predicted molar refractivity (Wildman–Crippen MR) is 105 cm³/mol. The summed E-state index contributed by atoms with van der Waals surface area (Å²) in [5.74, 6) is -0.991. The number of ether oxygens (including phenoxy) is 2. The van der Waals surface area contributed by atoms with E-state index in [0.717, 1.165) is 5.56 Å². The molecular formula is C20H25NO7S. The maximum Gasteiger partial charge on any atom is 0.341 e. The fraction of sp³-hybridized carbons (Fsp3) is 0.400. The fourth-order valence-electron chi connectivity index (χ4n) is 2.76. The second-order valence-corrected chi connectivity index (χ2v) is 8.22. The number of benzene rings is 1. The third-order valence-corrected chi connectivity index (χ3v) is 5.80. The third-order valence-electron chi connectivity index (χ3n) is 4.32. The highest BCUT2D eigenvalue weighted by Gasteiger charge is 2.28. The summed E-state index contributed by atoms with van der Waals surface area (Å²) in [5, 5.41) is 0. The molecule has 29 heavy (non-hydrogen) atoms. The van der Waals surface area contributed by atoms with Gasteiger partial charge in [-0.2, -0.15) is 0 Å². The minimum Gasteiger partial charge on any atom is -0.469 e. The molecule has 1 heterocycles. The Morgan fingerprint density at radius 3 is 2.34 bits per heavy atom. The highest BCUT2D eigenvalue weighted by atomic mass is 32.2. The van der Waals surface area contributed by atoms with Gasteiger partial charge in [0.2, 0.25) is 10.0 Å². The van der Waals surface area contributed by atoms with Crippen molar-refractivity contribution in [3.63, 3.8) is 0 Å². The van der Waals surface area contributed by atoms with Gasteiger partial charge in [0.25, 0.3) is 0 Å². The van der Waals surface area contributed by atoms with E-state index in [0.29, 0.717) is 12.8 Å². The van der Waals surface area contributed by atoms with Crippen molar-refractivity contribution >= 4 is 22.0 Å². The largest absolute Gasteiger partial charge is 0.469 e. The van der Waals surface area contributed by atoms with Crippen LogP contribution in [0.1, 0.15) is 53.2 Å². The van der Waals surface area contributed by atoms with Crippen LogP contribution in [0.5, 0.6) is 0 Å². The molecule has 0 spiro atoms. The first-order valence-corrected chi connectivity index (χ1v) is 10.6. The van der Waals surface area contributed by atoms with Crippen LogP contribution in [0, 0.1) is 6.92 Å². The van der Waals surface area contributed by atoms with Gasteiger partial charge in [-0.1, -0.05) is 31.0 Å². The van der Waals surface area contributed by atoms with Crippen molar-refractivity contribution in [2.45, 2.75) is 44.0 Å². The number of furan rings is 1. The Morgan fingerprint density at radius 2 is 1.79 bits per heavy atom. The summed E-state index contributed by atoms with van der Waals surface area (Å²) in [6.07, 6.45) is 0.809. The molecule has 2 rings (SSSR count). The van der Waals surface area contributed by atoms with Crippen LogP contribution in [0.25, 0.3) is 0 Å². The monoisotopic (exact) mass is 423 g/mol. The minimum atomic E-state index is -3.82. The van der Waals surface area contributed by atoms with Crippen LogP contribution in [0.3, 0.4) is 0 Å². The number of carbonyl (C=O) groups is 2. The number of nitrogens with one attached hydrogen (secondary N) is 1. The van der Waals surface area contributed by atoms with Crippen LogP contribution < -0.4 is 4.72 Å². The lowest BCUT2D eigenvalue weighted by Gasteiger charge is -2.16. The van der Waals surface area contributed by atoms with E-state index < -0.39 is 28.0 Å². The number of methoxy groups -OCH3 is 2. The van der Waals surface area contributed by atoms with Crippen LogP contribution >= 0.6 is 0 Å². The number of aryl methyl sites for hydroxylation is 1. The van der Waals surface area contributed by atoms with Crippen molar-refractivity contribution in [1.82, 2.24) is 4.72 Å². The van der Waals surface area contributed by atoms with Crippen LogP contribution in [-0.2, 0) is 30.7 Å². The SMILES string of the molecule is CCC[C@@H](NS(=O)(=O)c1ccc(C)cc1)c1cc(C(=O)OC)c(CC(=O)OC)o1. The summed E-state index contributed by atoms with van der Waals surface area (Å²) in [5.41, 5.74) is 0.999. The summed E-state index contributed by atoms with van der Waals surface area (Å²) in [6, 6.07) is 7.14. The average molecular weight is 423 g/mol. The highest BCUT2D eigenvalue weighted by Crippen LogP contribution is 2.27. The molecule has 0 saturated carbocycles. The van der Waals surface area contributed by atoms with Crippen molar-refractivity contribution in [2.75, 3.05) is 14.2 Å². The van der Waals surface area contributed by atoms with Gasteiger partial charge >= 0.3 is 11.9 Å². The van der Waals surface area contributed by atoms with Gasteiger partial charge in [0.05, 0.1) is 25.2 Å². The number of hydrogen-bond donors (Lipinski definition) is 1. The van der Waals surface area contributed by atoms with E-state index in [1.807, 2.05) is 13.8 Å². The second-order valence-electron chi connectivity index (χ2n) is 6.51. The zero-order chi connectivity index (χ0) is 21.6. The van der Waals surface area contributed by atoms with Gasteiger partial charge in [0.15, 0.2) is 0 Å². The molecule has 0 radical (unpaired) electrons. The van der Waals surface area contributed by atoms with E-state index in [-0.39, 0.29) is 28.4 Å². The van der Waals surface area contributed by atoms with Crippen molar-refractivity contribution in [3.8, 4) is 0 Å². The van der Waals surface area contributed by atoms with E-state index in [1.165, 1.54) is 32.4 Å².